The number of hydrogen-bond acceptors (Lipinski definition) is 9. The minimum Gasteiger partial charge on any atom is -0.490 e. The summed E-state index contributed by atoms with van der Waals surface area (Å²) in [5.41, 5.74) is 0.719. The summed E-state index contributed by atoms with van der Waals surface area (Å²) in [5.74, 6) is -0.386. The van der Waals surface area contributed by atoms with Crippen molar-refractivity contribution in [2.45, 2.75) is 0 Å². The number of nitrogens with one attached hydrogen (secondary N) is 1. The molecule has 3 rings (SSSR count). The molecule has 1 aliphatic rings. The largest absolute Gasteiger partial charge is 0.490 e. The Labute approximate surface area is 173 Å². The summed E-state index contributed by atoms with van der Waals surface area (Å²) in [6.45, 7) is 0. The van der Waals surface area contributed by atoms with E-state index in [1.807, 2.05) is 0 Å². The Morgan fingerprint density at radius 2 is 1.83 bits per heavy atom. The second-order valence-electron chi connectivity index (χ2n) is 5.72. The number of amides is 1. The Bertz CT molecular complexity index is 1110. The van der Waals surface area contributed by atoms with Gasteiger partial charge >= 0.3 is 5.69 Å². The molecule has 0 atom stereocenters. The van der Waals surface area contributed by atoms with Gasteiger partial charge in [0, 0.05) is 23.8 Å². The van der Waals surface area contributed by atoms with Gasteiger partial charge in [0.05, 0.1) is 28.1 Å². The van der Waals surface area contributed by atoms with Crippen LogP contribution in [0.4, 0.5) is 11.4 Å². The molecule has 0 saturated carbocycles. The minimum atomic E-state index is -0.567. The summed E-state index contributed by atoms with van der Waals surface area (Å²) in [5, 5.41) is 32.3. The SMILES string of the molecule is COc1c(/C=C2\S/C(=N/N=C\c3ccc([N+](=O)[O-])cc3)NC2=O)cccc1[N+](=O)[O-]. The van der Waals surface area contributed by atoms with Crippen molar-refractivity contribution in [3.8, 4) is 5.75 Å². The summed E-state index contributed by atoms with van der Waals surface area (Å²) in [7, 11) is 1.31. The van der Waals surface area contributed by atoms with Crippen molar-refractivity contribution in [3.63, 3.8) is 0 Å². The lowest BCUT2D eigenvalue weighted by Gasteiger charge is -2.05. The molecule has 2 aromatic carbocycles. The summed E-state index contributed by atoms with van der Waals surface area (Å²) in [4.78, 5) is 33.1. The molecule has 152 valence electrons. The van der Waals surface area contributed by atoms with E-state index in [1.54, 1.807) is 6.07 Å². The molecule has 2 aromatic rings. The van der Waals surface area contributed by atoms with E-state index in [9.17, 15) is 25.0 Å². The van der Waals surface area contributed by atoms with Gasteiger partial charge in [-0.05, 0) is 35.5 Å². The molecule has 1 aliphatic heterocycles. The van der Waals surface area contributed by atoms with Crippen LogP contribution in [0.5, 0.6) is 5.75 Å². The van der Waals surface area contributed by atoms with Gasteiger partial charge in [-0.3, -0.25) is 30.3 Å². The normalized spacial score (nSPS) is 16.2. The maximum atomic E-state index is 12.2. The number of nitro benzene ring substituents is 2. The van der Waals surface area contributed by atoms with Gasteiger partial charge in [-0.25, -0.2) is 0 Å². The molecule has 12 heteroatoms. The first-order chi connectivity index (χ1) is 14.4. The van der Waals surface area contributed by atoms with Crippen LogP contribution in [0.1, 0.15) is 11.1 Å². The van der Waals surface area contributed by atoms with Crippen LogP contribution >= 0.6 is 11.8 Å². The second-order valence-corrected chi connectivity index (χ2v) is 6.75. The molecule has 0 aliphatic carbocycles. The molecule has 1 amide bonds. The molecule has 0 unspecified atom stereocenters. The van der Waals surface area contributed by atoms with Crippen LogP contribution in [0.2, 0.25) is 0 Å². The molecule has 1 heterocycles. The van der Waals surface area contributed by atoms with Gasteiger partial charge in [-0.15, -0.1) is 5.10 Å². The summed E-state index contributed by atoms with van der Waals surface area (Å²) < 4.78 is 5.12. The maximum Gasteiger partial charge on any atom is 0.311 e. The third kappa shape index (κ3) is 4.67. The fourth-order valence-corrected chi connectivity index (χ4v) is 3.24. The van der Waals surface area contributed by atoms with Gasteiger partial charge in [0.1, 0.15) is 0 Å². The molecule has 1 saturated heterocycles. The van der Waals surface area contributed by atoms with E-state index in [2.05, 4.69) is 15.5 Å². The summed E-state index contributed by atoms with van der Waals surface area (Å²) in [6, 6.07) is 10.1. The number of rotatable bonds is 6. The van der Waals surface area contributed by atoms with Gasteiger partial charge < -0.3 is 4.74 Å². The highest BCUT2D eigenvalue weighted by Gasteiger charge is 2.25. The molecule has 11 nitrogen and oxygen atoms in total. The fraction of sp³-hybridized carbons (Fsp3) is 0.0556. The third-order valence-corrected chi connectivity index (χ3v) is 4.72. The highest BCUT2D eigenvalue weighted by Crippen LogP contribution is 2.34. The van der Waals surface area contributed by atoms with Gasteiger partial charge in [-0.1, -0.05) is 12.1 Å². The number of nitro groups is 2. The Balaban J connectivity index is 1.77. The van der Waals surface area contributed by atoms with E-state index in [0.29, 0.717) is 11.1 Å². The van der Waals surface area contributed by atoms with Crippen molar-refractivity contribution in [2.24, 2.45) is 10.2 Å². The quantitative estimate of drug-likeness (QED) is 0.322. The van der Waals surface area contributed by atoms with Crippen LogP contribution in [0.3, 0.4) is 0 Å². The summed E-state index contributed by atoms with van der Waals surface area (Å²) >= 11 is 1.01. The van der Waals surface area contributed by atoms with Crippen LogP contribution in [0.25, 0.3) is 6.08 Å². The average Bonchev–Trinajstić information content (AvgIpc) is 3.07. The molecule has 1 fully saturated rings. The second kappa shape index (κ2) is 8.96. The number of non-ortho nitro benzene ring substituents is 1. The molecular formula is C18H13N5O6S. The first kappa shape index (κ1) is 20.7. The molecule has 0 aromatic heterocycles. The Kier molecular flexibility index (Phi) is 6.17. The molecule has 0 radical (unpaired) electrons. The highest BCUT2D eigenvalue weighted by molar-refractivity contribution is 8.18. The number of methoxy groups -OCH3 is 1. The van der Waals surface area contributed by atoms with Crippen LogP contribution in [0.15, 0.2) is 57.6 Å². The topological polar surface area (TPSA) is 149 Å². The van der Waals surface area contributed by atoms with Crippen molar-refractivity contribution in [1.29, 1.82) is 0 Å². The lowest BCUT2D eigenvalue weighted by atomic mass is 10.1. The number of benzene rings is 2. The van der Waals surface area contributed by atoms with Crippen molar-refractivity contribution in [3.05, 3.63) is 78.7 Å². The van der Waals surface area contributed by atoms with E-state index in [1.165, 1.54) is 55.8 Å². The van der Waals surface area contributed by atoms with Crippen LogP contribution in [0, 0.1) is 20.2 Å². The van der Waals surface area contributed by atoms with Gasteiger partial charge in [0.15, 0.2) is 5.17 Å². The zero-order valence-corrected chi connectivity index (χ0v) is 16.2. The monoisotopic (exact) mass is 427 g/mol. The molecule has 1 N–H and O–H groups in total. The predicted molar refractivity (Wildman–Crippen MR) is 111 cm³/mol. The van der Waals surface area contributed by atoms with Crippen LogP contribution in [-0.4, -0.2) is 34.2 Å². The molecule has 0 spiro atoms. The zero-order chi connectivity index (χ0) is 21.7. The van der Waals surface area contributed by atoms with Gasteiger partial charge in [0.2, 0.25) is 5.75 Å². The van der Waals surface area contributed by atoms with Crippen molar-refractivity contribution >= 4 is 46.5 Å². The molecule has 30 heavy (non-hydrogen) atoms. The first-order valence-corrected chi connectivity index (χ1v) is 9.08. The fourth-order valence-electron chi connectivity index (χ4n) is 2.47. The van der Waals surface area contributed by atoms with Crippen molar-refractivity contribution in [2.75, 3.05) is 7.11 Å². The van der Waals surface area contributed by atoms with E-state index >= 15 is 0 Å². The number of carbonyl (C=O) groups excluding carboxylic acids is 1. The third-order valence-electron chi connectivity index (χ3n) is 3.82. The minimum absolute atomic E-state index is 0.0385. The van der Waals surface area contributed by atoms with E-state index < -0.39 is 15.8 Å². The predicted octanol–water partition coefficient (Wildman–Crippen LogP) is 3.11. The first-order valence-electron chi connectivity index (χ1n) is 8.27. The average molecular weight is 427 g/mol. The highest BCUT2D eigenvalue weighted by atomic mass is 32.2. The number of amidine groups is 1. The standard InChI is InChI=1S/C18H13N5O6S/c1-29-16-12(3-2-4-14(16)23(27)28)9-15-17(24)20-18(30-15)21-19-10-11-5-7-13(8-6-11)22(25)26/h2-10H,1H3,(H,20,21,24)/b15-9-,19-10-. The van der Waals surface area contributed by atoms with E-state index in [0.717, 1.165) is 11.8 Å². The zero-order valence-electron chi connectivity index (χ0n) is 15.3. The van der Waals surface area contributed by atoms with Gasteiger partial charge in [-0.2, -0.15) is 5.10 Å². The van der Waals surface area contributed by atoms with Crippen LogP contribution < -0.4 is 10.1 Å². The number of nitrogens with zero attached hydrogens (tertiary/aromatic N) is 4. The van der Waals surface area contributed by atoms with Crippen molar-refractivity contribution in [1.82, 2.24) is 5.32 Å². The van der Waals surface area contributed by atoms with Crippen LogP contribution in [-0.2, 0) is 4.79 Å². The lowest BCUT2D eigenvalue weighted by Crippen LogP contribution is -2.19. The number of thioether (sulfide) groups is 1. The van der Waals surface area contributed by atoms with Crippen molar-refractivity contribution < 1.29 is 19.4 Å². The van der Waals surface area contributed by atoms with E-state index in [4.69, 9.17) is 4.74 Å². The number of para-hydroxylation sites is 1. The molecule has 0 bridgehead atoms. The smallest absolute Gasteiger partial charge is 0.311 e. The number of hydrogen-bond donors (Lipinski definition) is 1. The maximum absolute atomic E-state index is 12.2. The number of ether oxygens (including phenoxy) is 1. The van der Waals surface area contributed by atoms with E-state index in [-0.39, 0.29) is 27.2 Å². The van der Waals surface area contributed by atoms with Gasteiger partial charge in [0.25, 0.3) is 11.6 Å². The summed E-state index contributed by atoms with van der Waals surface area (Å²) in [6.07, 6.45) is 2.85. The number of carbonyl (C=O) groups is 1. The lowest BCUT2D eigenvalue weighted by molar-refractivity contribution is -0.385. The Morgan fingerprint density at radius 1 is 1.10 bits per heavy atom. The molecular weight excluding hydrogens is 414 g/mol. The Hall–Kier alpha value is -4.06. The Morgan fingerprint density at radius 3 is 2.47 bits per heavy atom.